The Bertz CT molecular complexity index is 1080. The van der Waals surface area contributed by atoms with Crippen LogP contribution in [0.25, 0.3) is 17.3 Å². The van der Waals surface area contributed by atoms with Crippen molar-refractivity contribution in [2.75, 3.05) is 5.32 Å². The maximum absolute atomic E-state index is 4.87. The number of imidazole rings is 1. The zero-order valence-corrected chi connectivity index (χ0v) is 16.6. The van der Waals surface area contributed by atoms with Crippen molar-refractivity contribution in [3.05, 3.63) is 100 Å². The van der Waals surface area contributed by atoms with Crippen LogP contribution in [-0.4, -0.2) is 9.38 Å². The Morgan fingerprint density at radius 1 is 1.00 bits per heavy atom. The molecule has 134 valence electrons. The van der Waals surface area contributed by atoms with Gasteiger partial charge in [-0.15, -0.1) is 0 Å². The molecule has 2 aromatic carbocycles. The first-order valence-electron chi connectivity index (χ1n) is 8.90. The zero-order valence-electron chi connectivity index (χ0n) is 15.1. The van der Waals surface area contributed by atoms with Crippen LogP contribution in [0.15, 0.2) is 83.5 Å². The molecule has 2 heterocycles. The highest BCUT2D eigenvalue weighted by molar-refractivity contribution is 9.10. The van der Waals surface area contributed by atoms with Crippen LogP contribution in [0.3, 0.4) is 0 Å². The number of aromatic nitrogens is 2. The summed E-state index contributed by atoms with van der Waals surface area (Å²) in [5.41, 5.74) is 5.41. The predicted molar refractivity (Wildman–Crippen MR) is 117 cm³/mol. The smallest absolute Gasteiger partial charge is 0.139 e. The minimum absolute atomic E-state index is 0.743. The van der Waals surface area contributed by atoms with Crippen molar-refractivity contribution in [3.8, 4) is 0 Å². The first-order chi connectivity index (χ1) is 13.2. The molecule has 3 nitrogen and oxygen atoms in total. The molecule has 4 heteroatoms. The Hall–Kier alpha value is -2.85. The molecule has 2 aromatic heterocycles. The summed E-state index contributed by atoms with van der Waals surface area (Å²) >= 11 is 3.57. The van der Waals surface area contributed by atoms with Crippen molar-refractivity contribution in [3.63, 3.8) is 0 Å². The van der Waals surface area contributed by atoms with Gasteiger partial charge in [-0.2, -0.15) is 0 Å². The molecule has 4 rings (SSSR count). The lowest BCUT2D eigenvalue weighted by Gasteiger charge is -2.10. The van der Waals surface area contributed by atoms with Crippen molar-refractivity contribution < 1.29 is 0 Å². The second kappa shape index (κ2) is 7.80. The molecule has 0 amide bonds. The predicted octanol–water partition coefficient (Wildman–Crippen LogP) is 6.27. The topological polar surface area (TPSA) is 29.3 Å². The van der Waals surface area contributed by atoms with Crippen molar-refractivity contribution in [1.82, 2.24) is 9.38 Å². The van der Waals surface area contributed by atoms with Gasteiger partial charge in [0.15, 0.2) is 0 Å². The van der Waals surface area contributed by atoms with E-state index >= 15 is 0 Å². The molecule has 0 aliphatic rings. The van der Waals surface area contributed by atoms with Gasteiger partial charge in [-0.3, -0.25) is 4.40 Å². The minimum atomic E-state index is 0.743. The number of anilines is 1. The molecule has 4 aromatic rings. The average Bonchev–Trinajstić information content (AvgIpc) is 3.06. The summed E-state index contributed by atoms with van der Waals surface area (Å²) < 4.78 is 3.12. The van der Waals surface area contributed by atoms with Gasteiger partial charge >= 0.3 is 0 Å². The van der Waals surface area contributed by atoms with Gasteiger partial charge in [-0.25, -0.2) is 4.98 Å². The number of nitrogens with one attached hydrogen (secondary N) is 1. The summed E-state index contributed by atoms with van der Waals surface area (Å²) in [5.74, 6) is 1.000. The van der Waals surface area contributed by atoms with E-state index in [1.54, 1.807) is 0 Å². The Balaban J connectivity index is 1.76. The molecule has 0 atom stereocenters. The van der Waals surface area contributed by atoms with Crippen LogP contribution in [0.1, 0.15) is 23.7 Å². The molecular formula is C23H20BrN3. The van der Waals surface area contributed by atoms with E-state index in [9.17, 15) is 0 Å². The molecule has 1 N–H and O–H groups in total. The third-order valence-corrected chi connectivity index (χ3v) is 4.91. The minimum Gasteiger partial charge on any atom is -0.365 e. The van der Waals surface area contributed by atoms with Crippen molar-refractivity contribution in [2.24, 2.45) is 0 Å². The number of fused-ring (bicyclic) bond motifs is 1. The number of benzene rings is 2. The molecule has 0 saturated carbocycles. The number of halogens is 1. The van der Waals surface area contributed by atoms with Crippen molar-refractivity contribution >= 4 is 39.0 Å². The Morgan fingerprint density at radius 3 is 2.44 bits per heavy atom. The van der Waals surface area contributed by atoms with Crippen LogP contribution in [0.2, 0.25) is 0 Å². The Morgan fingerprint density at radius 2 is 1.70 bits per heavy atom. The van der Waals surface area contributed by atoms with Crippen LogP contribution in [0.4, 0.5) is 5.82 Å². The summed E-state index contributed by atoms with van der Waals surface area (Å²) in [5, 5.41) is 3.59. The molecule has 0 fully saturated rings. The monoisotopic (exact) mass is 417 g/mol. The van der Waals surface area contributed by atoms with E-state index in [0.717, 1.165) is 33.7 Å². The van der Waals surface area contributed by atoms with Crippen LogP contribution in [-0.2, 0) is 6.54 Å². The highest BCUT2D eigenvalue weighted by Crippen LogP contribution is 2.28. The third-order valence-electron chi connectivity index (χ3n) is 4.44. The van der Waals surface area contributed by atoms with Gasteiger partial charge in [0.25, 0.3) is 0 Å². The van der Waals surface area contributed by atoms with E-state index in [2.05, 4.69) is 93.4 Å². The second-order valence-corrected chi connectivity index (χ2v) is 7.38. The number of pyridine rings is 1. The SMILES string of the molecule is C/C(=C\c1ccccc1)c1nc2ccc(Br)cn2c1NCc1ccccc1. The number of nitrogens with zero attached hydrogens (tertiary/aromatic N) is 2. The first kappa shape index (κ1) is 17.6. The first-order valence-corrected chi connectivity index (χ1v) is 9.69. The number of allylic oxidation sites excluding steroid dienone is 1. The highest BCUT2D eigenvalue weighted by atomic mass is 79.9. The lowest BCUT2D eigenvalue weighted by molar-refractivity contribution is 1.08. The van der Waals surface area contributed by atoms with E-state index in [0.29, 0.717) is 0 Å². The highest BCUT2D eigenvalue weighted by Gasteiger charge is 2.14. The molecule has 0 aliphatic carbocycles. The molecular weight excluding hydrogens is 398 g/mol. The molecule has 0 saturated heterocycles. The molecule has 0 unspecified atom stereocenters. The van der Waals surface area contributed by atoms with Crippen LogP contribution >= 0.6 is 15.9 Å². The summed E-state index contributed by atoms with van der Waals surface area (Å²) in [7, 11) is 0. The molecule has 0 spiro atoms. The van der Waals surface area contributed by atoms with E-state index in [1.165, 1.54) is 11.1 Å². The number of hydrogen-bond acceptors (Lipinski definition) is 2. The molecule has 0 radical (unpaired) electrons. The number of rotatable bonds is 5. The fourth-order valence-corrected chi connectivity index (χ4v) is 3.45. The van der Waals surface area contributed by atoms with E-state index in [4.69, 9.17) is 4.98 Å². The maximum atomic E-state index is 4.87. The fourth-order valence-electron chi connectivity index (χ4n) is 3.11. The Labute approximate surface area is 167 Å². The van der Waals surface area contributed by atoms with E-state index in [-0.39, 0.29) is 0 Å². The number of hydrogen-bond donors (Lipinski definition) is 1. The van der Waals surface area contributed by atoms with Gasteiger partial charge < -0.3 is 5.32 Å². The van der Waals surface area contributed by atoms with E-state index < -0.39 is 0 Å². The van der Waals surface area contributed by atoms with Crippen molar-refractivity contribution in [1.29, 1.82) is 0 Å². The summed E-state index contributed by atoms with van der Waals surface area (Å²) in [6.45, 7) is 2.85. The summed E-state index contributed by atoms with van der Waals surface area (Å²) in [6.07, 6.45) is 4.22. The van der Waals surface area contributed by atoms with Gasteiger partial charge in [-0.05, 0) is 57.8 Å². The van der Waals surface area contributed by atoms with Gasteiger partial charge in [0.1, 0.15) is 17.2 Å². The second-order valence-electron chi connectivity index (χ2n) is 6.46. The Kier molecular flexibility index (Phi) is 5.07. The standard InChI is InChI=1S/C23H20BrN3/c1-17(14-18-8-4-2-5-9-18)22-23(25-15-19-10-6-3-7-11-19)27-16-20(24)12-13-21(27)26-22/h2-14,16,25H,15H2,1H3/b17-14+. The summed E-state index contributed by atoms with van der Waals surface area (Å²) in [6, 6.07) is 24.8. The molecule has 0 bridgehead atoms. The van der Waals surface area contributed by atoms with Gasteiger partial charge in [-0.1, -0.05) is 60.7 Å². The lowest BCUT2D eigenvalue weighted by Crippen LogP contribution is -2.04. The zero-order chi connectivity index (χ0) is 18.6. The van der Waals surface area contributed by atoms with Gasteiger partial charge in [0.2, 0.25) is 0 Å². The van der Waals surface area contributed by atoms with Crippen LogP contribution in [0, 0.1) is 0 Å². The van der Waals surface area contributed by atoms with Gasteiger partial charge in [0, 0.05) is 17.2 Å². The van der Waals surface area contributed by atoms with Crippen molar-refractivity contribution in [2.45, 2.75) is 13.5 Å². The van der Waals surface area contributed by atoms with Gasteiger partial charge in [0.05, 0.1) is 0 Å². The average molecular weight is 418 g/mol. The third kappa shape index (κ3) is 3.96. The molecule has 27 heavy (non-hydrogen) atoms. The fraction of sp³-hybridized carbons (Fsp3) is 0.0870. The maximum Gasteiger partial charge on any atom is 0.139 e. The summed E-state index contributed by atoms with van der Waals surface area (Å²) in [4.78, 5) is 4.87. The normalized spacial score (nSPS) is 11.7. The molecule has 0 aliphatic heterocycles. The lowest BCUT2D eigenvalue weighted by atomic mass is 10.1. The van der Waals surface area contributed by atoms with Crippen LogP contribution in [0.5, 0.6) is 0 Å². The van der Waals surface area contributed by atoms with Crippen LogP contribution < -0.4 is 5.32 Å². The largest absolute Gasteiger partial charge is 0.365 e. The quantitative estimate of drug-likeness (QED) is 0.414. The van der Waals surface area contributed by atoms with E-state index in [1.807, 2.05) is 24.3 Å².